The third kappa shape index (κ3) is 6.31. The number of hydrogen-bond acceptors (Lipinski definition) is 0. The first-order valence-electron chi connectivity index (χ1n) is 8.04. The van der Waals surface area contributed by atoms with Crippen LogP contribution in [0.2, 0.25) is 15.1 Å². The van der Waals surface area contributed by atoms with Crippen LogP contribution in [0.15, 0.2) is 36.4 Å². The maximum atomic E-state index is 6.03. The van der Waals surface area contributed by atoms with E-state index in [1.54, 1.807) is 6.07 Å². The summed E-state index contributed by atoms with van der Waals surface area (Å²) in [7, 11) is 0. The molecule has 0 amide bonds. The summed E-state index contributed by atoms with van der Waals surface area (Å²) in [4.78, 5) is 0. The van der Waals surface area contributed by atoms with Crippen molar-refractivity contribution in [2.75, 3.05) is 0 Å². The molecule has 0 unspecified atom stereocenters. The first kappa shape index (κ1) is 21.4. The van der Waals surface area contributed by atoms with Crippen molar-refractivity contribution in [2.24, 2.45) is 0 Å². The zero-order valence-corrected chi connectivity index (χ0v) is 17.9. The summed E-state index contributed by atoms with van der Waals surface area (Å²) in [5.74, 6) is 0. The minimum absolute atomic E-state index is 0.0850. The summed E-state index contributed by atoms with van der Waals surface area (Å²) in [6.07, 6.45) is 0. The molecule has 132 valence electrons. The van der Waals surface area contributed by atoms with E-state index in [-0.39, 0.29) is 10.8 Å². The summed E-state index contributed by atoms with van der Waals surface area (Å²) in [6.45, 7) is 15.0. The first-order chi connectivity index (χ1) is 10.8. The van der Waals surface area contributed by atoms with Crippen molar-refractivity contribution < 1.29 is 0 Å². The van der Waals surface area contributed by atoms with Crippen molar-refractivity contribution in [3.05, 3.63) is 68.2 Å². The Hall–Kier alpha value is -0.690. The van der Waals surface area contributed by atoms with Crippen LogP contribution in [0.4, 0.5) is 0 Å². The van der Waals surface area contributed by atoms with Gasteiger partial charge in [0.15, 0.2) is 0 Å². The Morgan fingerprint density at radius 1 is 0.667 bits per heavy atom. The van der Waals surface area contributed by atoms with Crippen LogP contribution < -0.4 is 0 Å². The standard InChI is InChI=1S/C11H15Cl.C10H12Cl2/c1-8-5-6-9(7-10(8)12)11(2,3)4;1-10(2,3)8-5-4-7(11)6-9(8)12/h5-7H,1-4H3;4-6H,1-3H3. The van der Waals surface area contributed by atoms with E-state index in [9.17, 15) is 0 Å². The molecule has 0 aliphatic rings. The van der Waals surface area contributed by atoms with Gasteiger partial charge in [-0.1, -0.05) is 94.5 Å². The third-order valence-corrected chi connectivity index (χ3v) is 4.73. The van der Waals surface area contributed by atoms with Crippen LogP contribution in [0.25, 0.3) is 0 Å². The average Bonchev–Trinajstić information content (AvgIpc) is 2.39. The first-order valence-corrected chi connectivity index (χ1v) is 9.18. The van der Waals surface area contributed by atoms with Gasteiger partial charge >= 0.3 is 0 Å². The highest BCUT2D eigenvalue weighted by atomic mass is 35.5. The van der Waals surface area contributed by atoms with E-state index in [4.69, 9.17) is 34.8 Å². The lowest BCUT2D eigenvalue weighted by Crippen LogP contribution is -2.11. The average molecular weight is 386 g/mol. The number of benzene rings is 2. The molecule has 0 atom stereocenters. The summed E-state index contributed by atoms with van der Waals surface area (Å²) in [5, 5.41) is 2.30. The largest absolute Gasteiger partial charge is 0.0843 e. The molecule has 0 bridgehead atoms. The van der Waals surface area contributed by atoms with Crippen LogP contribution in [0.3, 0.4) is 0 Å². The molecule has 2 aromatic carbocycles. The van der Waals surface area contributed by atoms with Crippen molar-refractivity contribution in [3.8, 4) is 0 Å². The molecule has 0 aliphatic carbocycles. The van der Waals surface area contributed by atoms with Crippen molar-refractivity contribution in [2.45, 2.75) is 59.3 Å². The molecule has 0 aromatic heterocycles. The Bertz CT molecular complexity index is 689. The highest BCUT2D eigenvalue weighted by Crippen LogP contribution is 2.31. The van der Waals surface area contributed by atoms with E-state index in [0.29, 0.717) is 5.02 Å². The van der Waals surface area contributed by atoms with E-state index >= 15 is 0 Å². The quantitative estimate of drug-likeness (QED) is 0.428. The molecule has 0 heterocycles. The van der Waals surface area contributed by atoms with Crippen molar-refractivity contribution >= 4 is 34.8 Å². The zero-order valence-electron chi connectivity index (χ0n) is 15.6. The second-order valence-corrected chi connectivity index (χ2v) is 9.34. The fourth-order valence-corrected chi connectivity index (χ4v) is 3.03. The lowest BCUT2D eigenvalue weighted by Gasteiger charge is -2.20. The zero-order chi connectivity index (χ0) is 18.7. The van der Waals surface area contributed by atoms with Gasteiger partial charge in [0.1, 0.15) is 0 Å². The fourth-order valence-electron chi connectivity index (χ4n) is 2.16. The van der Waals surface area contributed by atoms with Gasteiger partial charge < -0.3 is 0 Å². The number of rotatable bonds is 0. The second-order valence-electron chi connectivity index (χ2n) is 8.09. The van der Waals surface area contributed by atoms with E-state index in [1.165, 1.54) is 5.56 Å². The lowest BCUT2D eigenvalue weighted by molar-refractivity contribution is 0.590. The molecule has 0 aliphatic heterocycles. The molecule has 0 fully saturated rings. The smallest absolute Gasteiger partial charge is 0.0458 e. The highest BCUT2D eigenvalue weighted by molar-refractivity contribution is 6.35. The molecule has 0 spiro atoms. The van der Waals surface area contributed by atoms with Crippen LogP contribution in [-0.2, 0) is 10.8 Å². The molecule has 0 saturated carbocycles. The molecule has 3 heteroatoms. The van der Waals surface area contributed by atoms with Crippen molar-refractivity contribution in [3.63, 3.8) is 0 Å². The topological polar surface area (TPSA) is 0 Å². The lowest BCUT2D eigenvalue weighted by atomic mass is 9.87. The maximum Gasteiger partial charge on any atom is 0.0458 e. The number of hydrogen-bond donors (Lipinski definition) is 0. The van der Waals surface area contributed by atoms with Gasteiger partial charge in [-0.05, 0) is 52.6 Å². The van der Waals surface area contributed by atoms with Gasteiger partial charge in [-0.15, -0.1) is 0 Å². The Morgan fingerprint density at radius 2 is 1.25 bits per heavy atom. The summed E-state index contributed by atoms with van der Waals surface area (Å²) < 4.78 is 0. The van der Waals surface area contributed by atoms with Gasteiger partial charge in [0, 0.05) is 15.1 Å². The Labute approximate surface area is 162 Å². The summed E-state index contributed by atoms with van der Waals surface area (Å²) in [5.41, 5.74) is 3.84. The van der Waals surface area contributed by atoms with E-state index in [1.807, 2.05) is 19.1 Å². The van der Waals surface area contributed by atoms with E-state index < -0.39 is 0 Å². The van der Waals surface area contributed by atoms with Crippen LogP contribution in [0.1, 0.15) is 58.2 Å². The Balaban J connectivity index is 0.000000240. The van der Waals surface area contributed by atoms with Gasteiger partial charge in [-0.3, -0.25) is 0 Å². The van der Waals surface area contributed by atoms with Crippen LogP contribution >= 0.6 is 34.8 Å². The molecule has 0 radical (unpaired) electrons. The van der Waals surface area contributed by atoms with Gasteiger partial charge in [-0.25, -0.2) is 0 Å². The predicted molar refractivity (Wildman–Crippen MR) is 110 cm³/mol. The molecule has 2 rings (SSSR count). The number of aryl methyl sites for hydroxylation is 1. The molecular weight excluding hydrogens is 359 g/mol. The highest BCUT2D eigenvalue weighted by Gasteiger charge is 2.16. The third-order valence-electron chi connectivity index (χ3n) is 3.78. The van der Waals surface area contributed by atoms with Gasteiger partial charge in [0.05, 0.1) is 0 Å². The monoisotopic (exact) mass is 384 g/mol. The summed E-state index contributed by atoms with van der Waals surface area (Å²) >= 11 is 17.8. The minimum Gasteiger partial charge on any atom is -0.0843 e. The Morgan fingerprint density at radius 3 is 1.67 bits per heavy atom. The predicted octanol–water partition coefficient (Wildman–Crippen LogP) is 8.24. The fraction of sp³-hybridized carbons (Fsp3) is 0.429. The molecule has 0 saturated heterocycles. The van der Waals surface area contributed by atoms with Crippen molar-refractivity contribution in [1.29, 1.82) is 0 Å². The number of halogens is 3. The van der Waals surface area contributed by atoms with Crippen LogP contribution in [0.5, 0.6) is 0 Å². The second kappa shape index (κ2) is 8.13. The van der Waals surface area contributed by atoms with Crippen LogP contribution in [0, 0.1) is 6.92 Å². The SMILES string of the molecule is CC(C)(C)c1ccc(Cl)cc1Cl.Cc1ccc(C(C)(C)C)cc1Cl. The molecular formula is C21H27Cl3. The van der Waals surface area contributed by atoms with Gasteiger partial charge in [0.25, 0.3) is 0 Å². The van der Waals surface area contributed by atoms with Crippen LogP contribution in [-0.4, -0.2) is 0 Å². The Kier molecular flexibility index (Phi) is 7.23. The normalized spacial score (nSPS) is 11.8. The van der Waals surface area contributed by atoms with E-state index in [0.717, 1.165) is 21.2 Å². The molecule has 2 aromatic rings. The van der Waals surface area contributed by atoms with Crippen molar-refractivity contribution in [1.82, 2.24) is 0 Å². The minimum atomic E-state index is 0.0850. The van der Waals surface area contributed by atoms with E-state index in [2.05, 4.69) is 59.7 Å². The van der Waals surface area contributed by atoms with Gasteiger partial charge in [0.2, 0.25) is 0 Å². The molecule has 24 heavy (non-hydrogen) atoms. The molecule has 0 nitrogen and oxygen atoms in total. The summed E-state index contributed by atoms with van der Waals surface area (Å²) in [6, 6.07) is 11.9. The van der Waals surface area contributed by atoms with Gasteiger partial charge in [-0.2, -0.15) is 0 Å². The maximum absolute atomic E-state index is 6.03. The molecule has 0 N–H and O–H groups in total.